The molecule has 0 spiro atoms. The zero-order valence-electron chi connectivity index (χ0n) is 17.1. The molecule has 28 heavy (non-hydrogen) atoms. The molecule has 0 atom stereocenters. The Bertz CT molecular complexity index is 1020. The molecule has 5 heteroatoms. The molecule has 2 aromatic carbocycles. The van der Waals surface area contributed by atoms with Gasteiger partial charge in [-0.1, -0.05) is 42.1 Å². The summed E-state index contributed by atoms with van der Waals surface area (Å²) < 4.78 is 3.17. The standard InChI is InChI=1S/C23H28N4S/c1-25-22(28-21-11-10-18-8-5-6-9-20(18)23(21)25)16-19-12-14-26(17-24-19)13-7-15-27(2,3)4/h5-6,8-12,14,16-17H,7,13,15H2,1-4H3/q+2. The molecule has 0 bridgehead atoms. The van der Waals surface area contributed by atoms with Crippen LogP contribution in [0.2, 0.25) is 0 Å². The maximum absolute atomic E-state index is 4.66. The van der Waals surface area contributed by atoms with Crippen LogP contribution >= 0.6 is 11.8 Å². The van der Waals surface area contributed by atoms with Crippen molar-refractivity contribution in [3.8, 4) is 0 Å². The highest BCUT2D eigenvalue weighted by atomic mass is 32.2. The molecule has 0 saturated heterocycles. The summed E-state index contributed by atoms with van der Waals surface area (Å²) in [4.78, 5) is 8.25. The van der Waals surface area contributed by atoms with E-state index in [-0.39, 0.29) is 0 Å². The number of thioether (sulfide) groups is 1. The molecule has 1 aliphatic heterocycles. The van der Waals surface area contributed by atoms with E-state index in [1.807, 2.05) is 18.1 Å². The highest BCUT2D eigenvalue weighted by molar-refractivity contribution is 8.04. The van der Waals surface area contributed by atoms with Crippen molar-refractivity contribution in [2.45, 2.75) is 17.9 Å². The minimum Gasteiger partial charge on any atom is -0.338 e. The second-order valence-corrected chi connectivity index (χ2v) is 9.43. The van der Waals surface area contributed by atoms with Gasteiger partial charge in [0.1, 0.15) is 0 Å². The Morgan fingerprint density at radius 3 is 2.68 bits per heavy atom. The van der Waals surface area contributed by atoms with Crippen LogP contribution in [-0.2, 0) is 6.54 Å². The largest absolute Gasteiger partial charge is 0.338 e. The SMILES string of the molecule is CN1C(=Cc2cc[n+](CCC[N+](C)(C)C)cn2)Sc2ccc3ccccc3c21. The van der Waals surface area contributed by atoms with Crippen molar-refractivity contribution in [1.82, 2.24) is 4.98 Å². The number of aromatic nitrogens is 2. The van der Waals surface area contributed by atoms with Gasteiger partial charge in [-0.15, -0.1) is 0 Å². The molecule has 4 nitrogen and oxygen atoms in total. The minimum absolute atomic E-state index is 0.995. The summed E-state index contributed by atoms with van der Waals surface area (Å²) in [6.07, 6.45) is 7.41. The average Bonchev–Trinajstić information content (AvgIpc) is 2.98. The highest BCUT2D eigenvalue weighted by Gasteiger charge is 2.24. The normalized spacial score (nSPS) is 15.4. The molecular formula is C23H28N4S+2. The van der Waals surface area contributed by atoms with Crippen LogP contribution in [0.5, 0.6) is 0 Å². The van der Waals surface area contributed by atoms with E-state index in [0.29, 0.717) is 0 Å². The Labute approximate surface area is 171 Å². The number of fused-ring (bicyclic) bond motifs is 3. The summed E-state index contributed by atoms with van der Waals surface area (Å²) >= 11 is 1.81. The Morgan fingerprint density at radius 2 is 1.93 bits per heavy atom. The second kappa shape index (κ2) is 7.57. The topological polar surface area (TPSA) is 20.0 Å². The molecule has 0 radical (unpaired) electrons. The zero-order valence-corrected chi connectivity index (χ0v) is 17.9. The van der Waals surface area contributed by atoms with Crippen LogP contribution in [0.4, 0.5) is 5.69 Å². The van der Waals surface area contributed by atoms with Gasteiger partial charge in [0.05, 0.1) is 51.1 Å². The Morgan fingerprint density at radius 1 is 1.11 bits per heavy atom. The highest BCUT2D eigenvalue weighted by Crippen LogP contribution is 2.48. The van der Waals surface area contributed by atoms with Gasteiger partial charge in [-0.05, 0) is 16.4 Å². The monoisotopic (exact) mass is 392 g/mol. The predicted octanol–water partition coefficient (Wildman–Crippen LogP) is 4.16. The molecule has 0 fully saturated rings. The third kappa shape index (κ3) is 4.05. The first-order valence-electron chi connectivity index (χ1n) is 9.71. The van der Waals surface area contributed by atoms with Crippen LogP contribution in [0.1, 0.15) is 12.1 Å². The lowest BCUT2D eigenvalue weighted by atomic mass is 10.1. The van der Waals surface area contributed by atoms with E-state index in [0.717, 1.165) is 29.7 Å². The summed E-state index contributed by atoms with van der Waals surface area (Å²) in [5, 5.41) is 3.79. The van der Waals surface area contributed by atoms with Crippen LogP contribution < -0.4 is 9.47 Å². The van der Waals surface area contributed by atoms with E-state index in [4.69, 9.17) is 0 Å². The number of anilines is 1. The number of aryl methyl sites for hydroxylation is 1. The van der Waals surface area contributed by atoms with Crippen molar-refractivity contribution in [1.29, 1.82) is 0 Å². The molecule has 0 N–H and O–H groups in total. The van der Waals surface area contributed by atoms with Gasteiger partial charge in [0.2, 0.25) is 0 Å². The molecule has 0 amide bonds. The fourth-order valence-corrected chi connectivity index (χ4v) is 4.66. The first-order chi connectivity index (χ1) is 13.4. The van der Waals surface area contributed by atoms with Crippen LogP contribution in [0.15, 0.2) is 64.9 Å². The molecule has 0 aliphatic carbocycles. The molecular weight excluding hydrogens is 364 g/mol. The fourth-order valence-electron chi connectivity index (χ4n) is 3.55. The summed E-state index contributed by atoms with van der Waals surface area (Å²) in [7, 11) is 8.84. The third-order valence-corrected chi connectivity index (χ3v) is 6.20. The van der Waals surface area contributed by atoms with Crippen molar-refractivity contribution in [2.24, 2.45) is 0 Å². The molecule has 4 rings (SSSR count). The molecule has 1 aliphatic rings. The molecule has 144 valence electrons. The first kappa shape index (κ1) is 19.0. The Balaban J connectivity index is 1.51. The smallest absolute Gasteiger partial charge is 0.286 e. The zero-order chi connectivity index (χ0) is 19.7. The molecule has 0 saturated carbocycles. The minimum atomic E-state index is 0.995. The Kier molecular flexibility index (Phi) is 5.13. The number of nitrogens with zero attached hydrogens (tertiary/aromatic N) is 4. The van der Waals surface area contributed by atoms with Gasteiger partial charge in [-0.25, -0.2) is 4.57 Å². The van der Waals surface area contributed by atoms with Gasteiger partial charge in [0.15, 0.2) is 5.69 Å². The summed E-state index contributed by atoms with van der Waals surface area (Å²) in [6, 6.07) is 15.1. The second-order valence-electron chi connectivity index (χ2n) is 8.37. The number of quaternary nitrogens is 1. The molecule has 1 aromatic heterocycles. The van der Waals surface area contributed by atoms with Crippen molar-refractivity contribution in [3.63, 3.8) is 0 Å². The lowest BCUT2D eigenvalue weighted by molar-refractivity contribution is -0.873. The summed E-state index contributed by atoms with van der Waals surface area (Å²) in [6.45, 7) is 2.16. The van der Waals surface area contributed by atoms with Crippen molar-refractivity contribution < 1.29 is 9.05 Å². The molecule has 3 aromatic rings. The van der Waals surface area contributed by atoms with Crippen molar-refractivity contribution in [3.05, 3.63) is 65.7 Å². The third-order valence-electron chi connectivity index (χ3n) is 5.05. The molecule has 0 unspecified atom stereocenters. The van der Waals surface area contributed by atoms with Crippen LogP contribution in [0.25, 0.3) is 16.8 Å². The van der Waals surface area contributed by atoms with Gasteiger partial charge in [0.25, 0.3) is 6.33 Å². The van der Waals surface area contributed by atoms with E-state index in [2.05, 4.69) is 97.4 Å². The fraction of sp³-hybridized carbons (Fsp3) is 0.304. The van der Waals surface area contributed by atoms with E-state index < -0.39 is 0 Å². The summed E-state index contributed by atoms with van der Waals surface area (Å²) in [5.74, 6) is 0. The predicted molar refractivity (Wildman–Crippen MR) is 118 cm³/mol. The number of rotatable bonds is 5. The number of benzene rings is 2. The van der Waals surface area contributed by atoms with Crippen LogP contribution in [0.3, 0.4) is 0 Å². The van der Waals surface area contributed by atoms with Gasteiger partial charge in [0, 0.05) is 35.9 Å². The Hall–Kier alpha value is -2.37. The lowest BCUT2D eigenvalue weighted by Gasteiger charge is -2.23. The number of hydrogen-bond acceptors (Lipinski definition) is 3. The van der Waals surface area contributed by atoms with Crippen LogP contribution in [0, 0.1) is 0 Å². The first-order valence-corrected chi connectivity index (χ1v) is 10.5. The van der Waals surface area contributed by atoms with E-state index in [1.54, 1.807) is 0 Å². The lowest BCUT2D eigenvalue weighted by Crippen LogP contribution is -2.40. The van der Waals surface area contributed by atoms with E-state index in [9.17, 15) is 0 Å². The quantitative estimate of drug-likeness (QED) is 0.480. The maximum atomic E-state index is 4.66. The van der Waals surface area contributed by atoms with Gasteiger partial charge in [-0.2, -0.15) is 0 Å². The maximum Gasteiger partial charge on any atom is 0.286 e. The van der Waals surface area contributed by atoms with Crippen LogP contribution in [-0.4, -0.2) is 44.2 Å². The van der Waals surface area contributed by atoms with Gasteiger partial charge in [-0.3, -0.25) is 0 Å². The summed E-state index contributed by atoms with van der Waals surface area (Å²) in [5.41, 5.74) is 2.29. The average molecular weight is 393 g/mol. The van der Waals surface area contributed by atoms with Crippen molar-refractivity contribution in [2.75, 3.05) is 39.6 Å². The number of hydrogen-bond donors (Lipinski definition) is 0. The van der Waals surface area contributed by atoms with E-state index in [1.165, 1.54) is 26.4 Å². The molecule has 2 heterocycles. The van der Waals surface area contributed by atoms with Gasteiger partial charge < -0.3 is 9.38 Å². The van der Waals surface area contributed by atoms with Gasteiger partial charge >= 0.3 is 0 Å². The van der Waals surface area contributed by atoms with Crippen molar-refractivity contribution >= 4 is 34.3 Å². The van der Waals surface area contributed by atoms with E-state index >= 15 is 0 Å².